The van der Waals surface area contributed by atoms with Crippen molar-refractivity contribution in [2.24, 2.45) is 0 Å². The number of nitrogens with one attached hydrogen (secondary N) is 1. The lowest BCUT2D eigenvalue weighted by atomic mass is 10.0. The van der Waals surface area contributed by atoms with E-state index in [1.54, 1.807) is 25.3 Å². The molecule has 2 unspecified atom stereocenters. The fourth-order valence-electron chi connectivity index (χ4n) is 2.40. The monoisotopic (exact) mass is 349 g/mol. The van der Waals surface area contributed by atoms with E-state index in [-0.39, 0.29) is 24.2 Å². The van der Waals surface area contributed by atoms with E-state index in [1.165, 1.54) is 0 Å². The van der Waals surface area contributed by atoms with Gasteiger partial charge >= 0.3 is 0 Å². The van der Waals surface area contributed by atoms with Gasteiger partial charge in [0.25, 0.3) is 0 Å². The number of aliphatic hydroxyl groups is 1. The summed E-state index contributed by atoms with van der Waals surface area (Å²) in [4.78, 5) is 12.2. The molecule has 0 saturated carbocycles. The number of ether oxygens (including phenoxy) is 1. The van der Waals surface area contributed by atoms with E-state index < -0.39 is 6.10 Å². The summed E-state index contributed by atoms with van der Waals surface area (Å²) in [6, 6.07) is 16.5. The van der Waals surface area contributed by atoms with E-state index in [0.29, 0.717) is 24.3 Å². The lowest BCUT2D eigenvalue weighted by molar-refractivity contribution is 0.0972. The molecule has 0 heterocycles. The van der Waals surface area contributed by atoms with Crippen LogP contribution in [0.5, 0.6) is 5.75 Å². The van der Waals surface area contributed by atoms with Crippen molar-refractivity contribution in [2.45, 2.75) is 25.5 Å². The molecule has 2 rings (SSSR count). The highest BCUT2D eigenvalue weighted by atomic mass is 35.5. The summed E-state index contributed by atoms with van der Waals surface area (Å²) in [5.41, 5.74) is 1.51. The summed E-state index contributed by atoms with van der Waals surface area (Å²) in [6.45, 7) is 2.43. The minimum Gasteiger partial charge on any atom is -0.497 e. The smallest absolute Gasteiger partial charge is 0.164 e. The zero-order chi connectivity index (χ0) is 16.7. The van der Waals surface area contributed by atoms with Gasteiger partial charge in [0.1, 0.15) is 5.75 Å². The highest BCUT2D eigenvalue weighted by molar-refractivity contribution is 5.96. The van der Waals surface area contributed by atoms with Crippen molar-refractivity contribution >= 4 is 18.2 Å². The average Bonchev–Trinajstić information content (AvgIpc) is 2.61. The number of carbonyl (C=O) groups excluding carboxylic acids is 1. The van der Waals surface area contributed by atoms with Gasteiger partial charge in [-0.05, 0) is 24.6 Å². The van der Waals surface area contributed by atoms with Crippen LogP contribution in [0.3, 0.4) is 0 Å². The molecule has 0 aliphatic heterocycles. The average molecular weight is 350 g/mol. The number of Topliss-reactive ketones (excluding diaryl/α,β-unsaturated/α-hetero) is 1. The van der Waals surface area contributed by atoms with Crippen molar-refractivity contribution in [3.8, 4) is 5.75 Å². The highest BCUT2D eigenvalue weighted by Crippen LogP contribution is 2.16. The van der Waals surface area contributed by atoms with E-state index in [0.717, 1.165) is 5.56 Å². The number of methoxy groups -OCH3 is 1. The second-order valence-electron chi connectivity index (χ2n) is 5.50. The molecule has 2 aromatic rings. The number of hydrogen-bond donors (Lipinski definition) is 2. The van der Waals surface area contributed by atoms with E-state index in [1.807, 2.05) is 43.3 Å². The first-order chi connectivity index (χ1) is 11.1. The van der Waals surface area contributed by atoms with Crippen LogP contribution in [-0.2, 0) is 0 Å². The van der Waals surface area contributed by atoms with Crippen LogP contribution >= 0.6 is 12.4 Å². The summed E-state index contributed by atoms with van der Waals surface area (Å²) >= 11 is 0. The van der Waals surface area contributed by atoms with E-state index in [9.17, 15) is 9.90 Å². The van der Waals surface area contributed by atoms with Crippen LogP contribution in [0, 0.1) is 0 Å². The topological polar surface area (TPSA) is 58.6 Å². The number of benzene rings is 2. The van der Waals surface area contributed by atoms with Gasteiger partial charge < -0.3 is 15.2 Å². The minimum absolute atomic E-state index is 0. The summed E-state index contributed by atoms with van der Waals surface area (Å²) in [7, 11) is 1.58. The standard InChI is InChI=1S/C19H23NO3.ClH/c1-14(19(22)15-7-4-3-5-8-15)20-12-11-18(21)16-9-6-10-17(13-16)23-2;/h3-10,13-14,19-20,22H,11-12H2,1-2H3;1H. The molecule has 4 nitrogen and oxygen atoms in total. The van der Waals surface area contributed by atoms with Crippen molar-refractivity contribution in [1.29, 1.82) is 0 Å². The summed E-state index contributed by atoms with van der Waals surface area (Å²) < 4.78 is 5.13. The van der Waals surface area contributed by atoms with Gasteiger partial charge in [0.05, 0.1) is 13.2 Å². The molecular weight excluding hydrogens is 326 g/mol. The molecule has 0 saturated heterocycles. The maximum atomic E-state index is 12.2. The molecule has 2 N–H and O–H groups in total. The summed E-state index contributed by atoms with van der Waals surface area (Å²) in [5, 5.41) is 13.5. The molecular formula is C19H24ClNO3. The quantitative estimate of drug-likeness (QED) is 0.717. The maximum absolute atomic E-state index is 12.2. The van der Waals surface area contributed by atoms with Crippen LogP contribution in [0.15, 0.2) is 54.6 Å². The summed E-state index contributed by atoms with van der Waals surface area (Å²) in [5.74, 6) is 0.731. The number of carbonyl (C=O) groups is 1. The van der Waals surface area contributed by atoms with Crippen LogP contribution in [0.2, 0.25) is 0 Å². The predicted molar refractivity (Wildman–Crippen MR) is 98.1 cm³/mol. The number of hydrogen-bond acceptors (Lipinski definition) is 4. The third-order valence-corrected chi connectivity index (χ3v) is 3.82. The predicted octanol–water partition coefficient (Wildman–Crippen LogP) is 3.40. The van der Waals surface area contributed by atoms with Crippen molar-refractivity contribution < 1.29 is 14.6 Å². The minimum atomic E-state index is -0.594. The first-order valence-electron chi connectivity index (χ1n) is 7.75. The van der Waals surface area contributed by atoms with E-state index in [4.69, 9.17) is 4.74 Å². The Bertz CT molecular complexity index is 634. The van der Waals surface area contributed by atoms with Gasteiger partial charge in [0, 0.05) is 24.6 Å². The molecule has 0 amide bonds. The second-order valence-corrected chi connectivity index (χ2v) is 5.50. The van der Waals surface area contributed by atoms with Crippen molar-refractivity contribution in [1.82, 2.24) is 5.32 Å². The van der Waals surface area contributed by atoms with Crippen LogP contribution in [0.25, 0.3) is 0 Å². The van der Waals surface area contributed by atoms with Gasteiger partial charge in [-0.2, -0.15) is 0 Å². The van der Waals surface area contributed by atoms with Gasteiger partial charge in [0.15, 0.2) is 5.78 Å². The molecule has 0 spiro atoms. The van der Waals surface area contributed by atoms with Gasteiger partial charge in [0.2, 0.25) is 0 Å². The fraction of sp³-hybridized carbons (Fsp3) is 0.316. The van der Waals surface area contributed by atoms with Gasteiger partial charge in [-0.1, -0.05) is 42.5 Å². The molecule has 5 heteroatoms. The SMILES string of the molecule is COc1cccc(C(=O)CCNC(C)C(O)c2ccccc2)c1.Cl. The number of halogens is 1. The second kappa shape index (κ2) is 10.1. The normalized spacial score (nSPS) is 12.8. The van der Waals surface area contributed by atoms with Gasteiger partial charge in [-0.3, -0.25) is 4.79 Å². The van der Waals surface area contributed by atoms with Crippen molar-refractivity contribution in [2.75, 3.05) is 13.7 Å². The lowest BCUT2D eigenvalue weighted by Gasteiger charge is -2.20. The van der Waals surface area contributed by atoms with Gasteiger partial charge in [-0.15, -0.1) is 12.4 Å². The van der Waals surface area contributed by atoms with Crippen LogP contribution in [0.4, 0.5) is 0 Å². The Balaban J connectivity index is 0.00000288. The van der Waals surface area contributed by atoms with E-state index >= 15 is 0 Å². The van der Waals surface area contributed by atoms with Crippen LogP contribution < -0.4 is 10.1 Å². The Morgan fingerprint density at radius 3 is 2.54 bits per heavy atom. The molecule has 130 valence electrons. The number of ketones is 1. The first kappa shape index (κ1) is 20.2. The third kappa shape index (κ3) is 5.64. The molecule has 2 atom stereocenters. The lowest BCUT2D eigenvalue weighted by Crippen LogP contribution is -2.33. The van der Waals surface area contributed by atoms with Crippen molar-refractivity contribution in [3.05, 3.63) is 65.7 Å². The molecule has 0 bridgehead atoms. The van der Waals surface area contributed by atoms with Crippen LogP contribution in [0.1, 0.15) is 35.4 Å². The van der Waals surface area contributed by atoms with Crippen molar-refractivity contribution in [3.63, 3.8) is 0 Å². The summed E-state index contributed by atoms with van der Waals surface area (Å²) in [6.07, 6.45) is -0.220. The zero-order valence-corrected chi connectivity index (χ0v) is 14.8. The first-order valence-corrected chi connectivity index (χ1v) is 7.75. The molecule has 2 aromatic carbocycles. The Kier molecular flexibility index (Phi) is 8.47. The Morgan fingerprint density at radius 2 is 1.88 bits per heavy atom. The molecule has 24 heavy (non-hydrogen) atoms. The Hall–Kier alpha value is -1.88. The zero-order valence-electron chi connectivity index (χ0n) is 13.9. The molecule has 0 radical (unpaired) electrons. The van der Waals surface area contributed by atoms with E-state index in [2.05, 4.69) is 5.32 Å². The van der Waals surface area contributed by atoms with Crippen LogP contribution in [-0.4, -0.2) is 30.6 Å². The number of rotatable bonds is 8. The Morgan fingerprint density at radius 1 is 1.17 bits per heavy atom. The molecule has 0 fully saturated rings. The third-order valence-electron chi connectivity index (χ3n) is 3.82. The van der Waals surface area contributed by atoms with Gasteiger partial charge in [-0.25, -0.2) is 0 Å². The number of aliphatic hydroxyl groups excluding tert-OH is 1. The molecule has 0 aliphatic carbocycles. The maximum Gasteiger partial charge on any atom is 0.164 e. The molecule has 0 aromatic heterocycles. The highest BCUT2D eigenvalue weighted by Gasteiger charge is 2.16. The molecule has 0 aliphatic rings. The fourth-order valence-corrected chi connectivity index (χ4v) is 2.40. The largest absolute Gasteiger partial charge is 0.497 e. The Labute approximate surface area is 149 Å².